The quantitative estimate of drug-likeness (QED) is 0.464. The molecule has 2 fully saturated rings. The number of rotatable bonds is 5. The molecule has 2 aliphatic rings. The van der Waals surface area contributed by atoms with E-state index < -0.39 is 24.8 Å². The molecule has 120 valence electrons. The van der Waals surface area contributed by atoms with E-state index in [4.69, 9.17) is 9.47 Å². The largest absolute Gasteiger partial charge is 0.510 e. The zero-order valence-electron chi connectivity index (χ0n) is 12.6. The van der Waals surface area contributed by atoms with Gasteiger partial charge in [0.1, 0.15) is 0 Å². The van der Waals surface area contributed by atoms with E-state index in [0.29, 0.717) is 6.42 Å². The number of fused-ring (bicyclic) bond motifs is 1. The number of thioether (sulfide) groups is 1. The Kier molecular flexibility index (Phi) is 4.69. The number of β-lactam (4-membered cyclic amide) rings is 1. The fourth-order valence-corrected chi connectivity index (χ4v) is 4.31. The molecular formula is C13H21NO6S. The lowest BCUT2D eigenvalue weighted by Crippen LogP contribution is -2.59. The van der Waals surface area contributed by atoms with Gasteiger partial charge in [-0.1, -0.05) is 0 Å². The van der Waals surface area contributed by atoms with Gasteiger partial charge in [-0.2, -0.15) is 0 Å². The SMILES string of the molecule is CCOC(=O)OC(C)OC(O)C1N2C(=O)CC2SC1(C)C. The lowest BCUT2D eigenvalue weighted by Gasteiger charge is -2.41. The summed E-state index contributed by atoms with van der Waals surface area (Å²) in [6.45, 7) is 7.26. The maximum absolute atomic E-state index is 11.7. The average molecular weight is 319 g/mol. The van der Waals surface area contributed by atoms with Gasteiger partial charge < -0.3 is 24.2 Å². The molecule has 1 amide bonds. The van der Waals surface area contributed by atoms with Crippen molar-refractivity contribution in [1.82, 2.24) is 4.90 Å². The van der Waals surface area contributed by atoms with E-state index in [1.165, 1.54) is 6.92 Å². The highest BCUT2D eigenvalue weighted by Gasteiger charge is 2.58. The summed E-state index contributed by atoms with van der Waals surface area (Å²) < 4.78 is 14.5. The summed E-state index contributed by atoms with van der Waals surface area (Å²) in [6, 6.07) is -0.470. The van der Waals surface area contributed by atoms with E-state index in [1.54, 1.807) is 23.6 Å². The van der Waals surface area contributed by atoms with Crippen LogP contribution in [0.2, 0.25) is 0 Å². The number of ether oxygens (including phenoxy) is 3. The van der Waals surface area contributed by atoms with Crippen LogP contribution in [0.15, 0.2) is 0 Å². The number of hydrogen-bond acceptors (Lipinski definition) is 7. The molecule has 8 heteroatoms. The number of nitrogens with zero attached hydrogens (tertiary/aromatic N) is 1. The molecule has 4 atom stereocenters. The predicted molar refractivity (Wildman–Crippen MR) is 75.4 cm³/mol. The van der Waals surface area contributed by atoms with Crippen LogP contribution < -0.4 is 0 Å². The van der Waals surface area contributed by atoms with Crippen LogP contribution in [0.5, 0.6) is 0 Å². The van der Waals surface area contributed by atoms with Crippen LogP contribution in [0.1, 0.15) is 34.1 Å². The molecule has 4 unspecified atom stereocenters. The van der Waals surface area contributed by atoms with E-state index >= 15 is 0 Å². The Bertz CT molecular complexity index is 429. The first-order valence-electron chi connectivity index (χ1n) is 6.92. The van der Waals surface area contributed by atoms with Gasteiger partial charge in [-0.15, -0.1) is 11.8 Å². The molecule has 21 heavy (non-hydrogen) atoms. The van der Waals surface area contributed by atoms with E-state index in [-0.39, 0.29) is 22.6 Å². The summed E-state index contributed by atoms with van der Waals surface area (Å²) in [5.41, 5.74) is 0. The maximum atomic E-state index is 11.7. The standard InChI is InChI=1S/C13H21NO6S/c1-5-18-12(17)20-7(2)19-11(16)10-13(3,4)21-9-6-8(15)14(9)10/h7,9-11,16H,5-6H2,1-4H3. The molecule has 0 aromatic heterocycles. The second-order valence-electron chi connectivity index (χ2n) is 5.52. The molecule has 7 nitrogen and oxygen atoms in total. The van der Waals surface area contributed by atoms with Crippen molar-refractivity contribution in [2.24, 2.45) is 0 Å². The zero-order chi connectivity index (χ0) is 15.8. The smallest absolute Gasteiger partial charge is 0.435 e. The minimum atomic E-state index is -1.23. The number of carbonyl (C=O) groups excluding carboxylic acids is 2. The van der Waals surface area contributed by atoms with Gasteiger partial charge in [-0.05, 0) is 27.7 Å². The first-order valence-corrected chi connectivity index (χ1v) is 7.80. The molecule has 1 N–H and O–H groups in total. The first kappa shape index (κ1) is 16.4. The zero-order valence-corrected chi connectivity index (χ0v) is 13.4. The van der Waals surface area contributed by atoms with Gasteiger partial charge in [0, 0.05) is 4.75 Å². The lowest BCUT2D eigenvalue weighted by molar-refractivity contribution is -0.232. The van der Waals surface area contributed by atoms with Crippen molar-refractivity contribution in [2.45, 2.75) is 62.9 Å². The van der Waals surface area contributed by atoms with Gasteiger partial charge >= 0.3 is 6.16 Å². The summed E-state index contributed by atoms with van der Waals surface area (Å²) in [7, 11) is 0. The Morgan fingerprint density at radius 2 is 2.24 bits per heavy atom. The number of aliphatic hydroxyl groups excluding tert-OH is 1. The van der Waals surface area contributed by atoms with Crippen molar-refractivity contribution >= 4 is 23.8 Å². The third kappa shape index (κ3) is 3.27. The highest BCUT2D eigenvalue weighted by Crippen LogP contribution is 2.51. The molecule has 2 saturated heterocycles. The molecule has 0 radical (unpaired) electrons. The minimum absolute atomic E-state index is 0.00434. The van der Waals surface area contributed by atoms with Crippen molar-refractivity contribution in [3.63, 3.8) is 0 Å². The fourth-order valence-electron chi connectivity index (χ4n) is 2.66. The second kappa shape index (κ2) is 6.02. The van der Waals surface area contributed by atoms with Crippen molar-refractivity contribution < 1.29 is 28.9 Å². The highest BCUT2D eigenvalue weighted by molar-refractivity contribution is 8.01. The molecule has 0 aromatic rings. The number of carbonyl (C=O) groups is 2. The van der Waals surface area contributed by atoms with Gasteiger partial charge in [-0.3, -0.25) is 4.79 Å². The van der Waals surface area contributed by atoms with Crippen LogP contribution in [0.3, 0.4) is 0 Å². The fraction of sp³-hybridized carbons (Fsp3) is 0.846. The number of hydrogen-bond donors (Lipinski definition) is 1. The normalized spacial score (nSPS) is 29.4. The van der Waals surface area contributed by atoms with Crippen molar-refractivity contribution in [2.75, 3.05) is 6.61 Å². The number of aliphatic hydroxyl groups is 1. The molecule has 0 bridgehead atoms. The maximum Gasteiger partial charge on any atom is 0.510 e. The van der Waals surface area contributed by atoms with Gasteiger partial charge in [0.05, 0.1) is 24.4 Å². The summed E-state index contributed by atoms with van der Waals surface area (Å²) >= 11 is 1.64. The summed E-state index contributed by atoms with van der Waals surface area (Å²) in [5, 5.41) is 10.4. The van der Waals surface area contributed by atoms with Crippen molar-refractivity contribution in [1.29, 1.82) is 0 Å². The van der Waals surface area contributed by atoms with Crippen LogP contribution in [-0.2, 0) is 19.0 Å². The van der Waals surface area contributed by atoms with E-state index in [0.717, 1.165) is 0 Å². The van der Waals surface area contributed by atoms with Crippen LogP contribution >= 0.6 is 11.8 Å². The summed E-state index contributed by atoms with van der Waals surface area (Å²) in [4.78, 5) is 24.5. The first-order chi connectivity index (χ1) is 9.76. The van der Waals surface area contributed by atoms with Crippen molar-refractivity contribution in [3.8, 4) is 0 Å². The van der Waals surface area contributed by atoms with E-state index in [9.17, 15) is 14.7 Å². The molecule has 2 aliphatic heterocycles. The number of amides is 1. The molecule has 2 rings (SSSR count). The van der Waals surface area contributed by atoms with Gasteiger partial charge in [0.25, 0.3) is 0 Å². The average Bonchev–Trinajstić information content (AvgIpc) is 2.55. The van der Waals surface area contributed by atoms with Crippen LogP contribution in [0.4, 0.5) is 4.79 Å². The van der Waals surface area contributed by atoms with Crippen molar-refractivity contribution in [3.05, 3.63) is 0 Å². The van der Waals surface area contributed by atoms with Crippen LogP contribution in [-0.4, -0.2) is 57.4 Å². The van der Waals surface area contributed by atoms with Crippen LogP contribution in [0, 0.1) is 0 Å². The molecular weight excluding hydrogens is 298 g/mol. The Morgan fingerprint density at radius 1 is 1.57 bits per heavy atom. The topological polar surface area (TPSA) is 85.3 Å². The highest BCUT2D eigenvalue weighted by atomic mass is 32.2. The molecule has 0 aromatic carbocycles. The summed E-state index contributed by atoms with van der Waals surface area (Å²) in [5.74, 6) is 0.00434. The third-order valence-corrected chi connectivity index (χ3v) is 5.04. The monoisotopic (exact) mass is 319 g/mol. The Morgan fingerprint density at radius 3 is 2.81 bits per heavy atom. The Hall–Kier alpha value is -0.990. The third-order valence-electron chi connectivity index (χ3n) is 3.52. The Labute approximate surface area is 127 Å². The van der Waals surface area contributed by atoms with Gasteiger partial charge in [0.2, 0.25) is 12.2 Å². The molecule has 0 spiro atoms. The van der Waals surface area contributed by atoms with Gasteiger partial charge in [0.15, 0.2) is 6.29 Å². The van der Waals surface area contributed by atoms with Crippen LogP contribution in [0.25, 0.3) is 0 Å². The Balaban J connectivity index is 1.94. The molecule has 0 aliphatic carbocycles. The van der Waals surface area contributed by atoms with E-state index in [2.05, 4.69) is 4.74 Å². The van der Waals surface area contributed by atoms with Gasteiger partial charge in [-0.25, -0.2) is 4.79 Å². The van der Waals surface area contributed by atoms with E-state index in [1.807, 2.05) is 13.8 Å². The lowest BCUT2D eigenvalue weighted by atomic mass is 9.97. The molecule has 2 heterocycles. The predicted octanol–water partition coefficient (Wildman–Crippen LogP) is 1.29. The minimum Gasteiger partial charge on any atom is -0.435 e. The molecule has 0 saturated carbocycles. The summed E-state index contributed by atoms with van der Waals surface area (Å²) in [6.07, 6.45) is -2.55. The second-order valence-corrected chi connectivity index (χ2v) is 7.35.